The van der Waals surface area contributed by atoms with Gasteiger partial charge in [-0.25, -0.2) is 4.98 Å². The zero-order valence-corrected chi connectivity index (χ0v) is 14.7. The third kappa shape index (κ3) is 2.38. The van der Waals surface area contributed by atoms with E-state index in [9.17, 15) is 0 Å². The van der Waals surface area contributed by atoms with E-state index in [1.54, 1.807) is 7.11 Å². The summed E-state index contributed by atoms with van der Waals surface area (Å²) in [5.74, 6) is 1.57. The molecule has 0 radical (unpaired) electrons. The molecule has 26 heavy (non-hydrogen) atoms. The van der Waals surface area contributed by atoms with Gasteiger partial charge in [-0.05, 0) is 48.5 Å². The van der Waals surface area contributed by atoms with Gasteiger partial charge in [-0.3, -0.25) is 10.00 Å². The summed E-state index contributed by atoms with van der Waals surface area (Å²) in [6, 6.07) is 12.4. The molecule has 0 fully saturated rings. The van der Waals surface area contributed by atoms with Crippen LogP contribution in [0.15, 0.2) is 42.6 Å². The van der Waals surface area contributed by atoms with Crippen molar-refractivity contribution in [3.8, 4) is 5.75 Å². The molecule has 4 aromatic rings. The Bertz CT molecular complexity index is 1130. The number of nitrogens with zero attached hydrogens (tertiary/aromatic N) is 3. The Kier molecular flexibility index (Phi) is 3.33. The number of nitrogens with one attached hydrogen (secondary N) is 2. The highest BCUT2D eigenvalue weighted by atomic mass is 16.5. The molecule has 0 spiro atoms. The van der Waals surface area contributed by atoms with Gasteiger partial charge in [-0.1, -0.05) is 6.07 Å². The molecule has 1 aliphatic rings. The molecule has 3 heterocycles. The number of aromatic amines is 1. The lowest BCUT2D eigenvalue weighted by Crippen LogP contribution is -2.07. The quantitative estimate of drug-likeness (QED) is 0.591. The van der Waals surface area contributed by atoms with Crippen LogP contribution in [0.1, 0.15) is 11.1 Å². The molecule has 0 unspecified atom stereocenters. The first-order valence-electron chi connectivity index (χ1n) is 8.60. The zero-order chi connectivity index (χ0) is 17.7. The highest BCUT2D eigenvalue weighted by Crippen LogP contribution is 2.32. The van der Waals surface area contributed by atoms with Crippen LogP contribution in [0.3, 0.4) is 0 Å². The molecule has 6 heteroatoms. The second-order valence-electron chi connectivity index (χ2n) is 6.77. The zero-order valence-electron chi connectivity index (χ0n) is 14.7. The number of H-pyrrole nitrogens is 1. The fourth-order valence-electron chi connectivity index (χ4n) is 3.67. The summed E-state index contributed by atoms with van der Waals surface area (Å²) in [5, 5.41) is 12.9. The molecule has 0 atom stereocenters. The van der Waals surface area contributed by atoms with Crippen LogP contribution in [0.25, 0.3) is 21.8 Å². The van der Waals surface area contributed by atoms with E-state index in [-0.39, 0.29) is 0 Å². The molecule has 0 aliphatic carbocycles. The van der Waals surface area contributed by atoms with Crippen molar-refractivity contribution in [2.24, 2.45) is 0 Å². The Hall–Kier alpha value is -3.12. The molecule has 6 nitrogen and oxygen atoms in total. The second kappa shape index (κ2) is 5.71. The number of fused-ring (bicyclic) bond motifs is 4. The normalized spacial score (nSPS) is 14.1. The number of rotatable bonds is 3. The Balaban J connectivity index is 1.60. The number of pyridine rings is 1. The number of hydrogen-bond acceptors (Lipinski definition) is 5. The first kappa shape index (κ1) is 15.2. The third-order valence-electron chi connectivity index (χ3n) is 4.94. The van der Waals surface area contributed by atoms with Crippen LogP contribution in [-0.2, 0) is 13.1 Å². The van der Waals surface area contributed by atoms with E-state index in [4.69, 9.17) is 9.72 Å². The summed E-state index contributed by atoms with van der Waals surface area (Å²) in [6.07, 6.45) is 1.90. The van der Waals surface area contributed by atoms with Crippen molar-refractivity contribution in [2.75, 3.05) is 19.5 Å². The molecule has 0 amide bonds. The average molecular weight is 345 g/mol. The summed E-state index contributed by atoms with van der Waals surface area (Å²) >= 11 is 0. The fraction of sp³-hybridized carbons (Fsp3) is 0.200. The van der Waals surface area contributed by atoms with Crippen LogP contribution < -0.4 is 10.1 Å². The standard InChI is InChI=1S/C20H19N5O/c1-25-10-12-3-4-14(7-13(12)11-25)22-20-19-17(9-21-24-19)16-8-15(26-2)5-6-18(16)23-20/h3-9H,10-11H2,1-2H3,(H,21,24)(H,22,23). The van der Waals surface area contributed by atoms with Gasteiger partial charge in [-0.15, -0.1) is 0 Å². The molecular weight excluding hydrogens is 326 g/mol. The lowest BCUT2D eigenvalue weighted by molar-refractivity contribution is 0.353. The molecule has 130 valence electrons. The number of aromatic nitrogens is 3. The topological polar surface area (TPSA) is 66.1 Å². The molecule has 2 aromatic carbocycles. The molecule has 0 saturated heterocycles. The smallest absolute Gasteiger partial charge is 0.159 e. The molecule has 0 saturated carbocycles. The Morgan fingerprint density at radius 1 is 1.08 bits per heavy atom. The molecule has 2 N–H and O–H groups in total. The number of benzene rings is 2. The number of hydrogen-bond donors (Lipinski definition) is 2. The van der Waals surface area contributed by atoms with Crippen molar-refractivity contribution in [3.63, 3.8) is 0 Å². The van der Waals surface area contributed by atoms with E-state index in [1.807, 2.05) is 24.4 Å². The van der Waals surface area contributed by atoms with Crippen molar-refractivity contribution in [2.45, 2.75) is 13.1 Å². The van der Waals surface area contributed by atoms with Crippen molar-refractivity contribution >= 4 is 33.3 Å². The molecule has 5 rings (SSSR count). The van der Waals surface area contributed by atoms with E-state index in [0.717, 1.165) is 52.2 Å². The predicted octanol–water partition coefficient (Wildman–Crippen LogP) is 3.81. The van der Waals surface area contributed by atoms with E-state index in [2.05, 4.69) is 45.7 Å². The SMILES string of the molecule is COc1ccc2nc(Nc3ccc4c(c3)CN(C)C4)c3n[nH]cc3c2c1. The number of methoxy groups -OCH3 is 1. The van der Waals surface area contributed by atoms with Crippen molar-refractivity contribution < 1.29 is 4.74 Å². The Labute approximate surface area is 150 Å². The van der Waals surface area contributed by atoms with Crippen LogP contribution in [0.5, 0.6) is 5.75 Å². The molecule has 2 aromatic heterocycles. The number of ether oxygens (including phenoxy) is 1. The van der Waals surface area contributed by atoms with E-state index in [1.165, 1.54) is 11.1 Å². The van der Waals surface area contributed by atoms with Gasteiger partial charge >= 0.3 is 0 Å². The summed E-state index contributed by atoms with van der Waals surface area (Å²) in [7, 11) is 3.81. The third-order valence-corrected chi connectivity index (χ3v) is 4.94. The van der Waals surface area contributed by atoms with E-state index in [0.29, 0.717) is 0 Å². The van der Waals surface area contributed by atoms with E-state index < -0.39 is 0 Å². The molecule has 0 bridgehead atoms. The monoisotopic (exact) mass is 345 g/mol. The highest BCUT2D eigenvalue weighted by molar-refractivity contribution is 6.09. The summed E-state index contributed by atoms with van der Waals surface area (Å²) < 4.78 is 5.35. The summed E-state index contributed by atoms with van der Waals surface area (Å²) in [5.41, 5.74) is 5.51. The lowest BCUT2D eigenvalue weighted by Gasteiger charge is -2.10. The lowest BCUT2D eigenvalue weighted by atomic mass is 10.1. The molecular formula is C20H19N5O. The minimum atomic E-state index is 0.755. The van der Waals surface area contributed by atoms with Crippen molar-refractivity contribution in [1.29, 1.82) is 0 Å². The van der Waals surface area contributed by atoms with Crippen molar-refractivity contribution in [3.05, 3.63) is 53.7 Å². The van der Waals surface area contributed by atoms with Gasteiger partial charge in [0.2, 0.25) is 0 Å². The first-order valence-corrected chi connectivity index (χ1v) is 8.60. The van der Waals surface area contributed by atoms with Crippen molar-refractivity contribution in [1.82, 2.24) is 20.1 Å². The Morgan fingerprint density at radius 2 is 1.96 bits per heavy atom. The maximum absolute atomic E-state index is 5.35. The fourth-order valence-corrected chi connectivity index (χ4v) is 3.67. The van der Waals surface area contributed by atoms with Gasteiger partial charge in [-0.2, -0.15) is 5.10 Å². The maximum atomic E-state index is 5.35. The van der Waals surface area contributed by atoms with Crippen LogP contribution in [0.4, 0.5) is 11.5 Å². The van der Waals surface area contributed by atoms with Crippen LogP contribution in [0.2, 0.25) is 0 Å². The maximum Gasteiger partial charge on any atom is 0.159 e. The summed E-state index contributed by atoms with van der Waals surface area (Å²) in [4.78, 5) is 7.10. The van der Waals surface area contributed by atoms with Gasteiger partial charge in [0, 0.05) is 35.7 Å². The van der Waals surface area contributed by atoms with Gasteiger partial charge in [0.1, 0.15) is 11.3 Å². The predicted molar refractivity (Wildman–Crippen MR) is 103 cm³/mol. The average Bonchev–Trinajstić information content (AvgIpc) is 3.27. The van der Waals surface area contributed by atoms with Gasteiger partial charge in [0.15, 0.2) is 5.82 Å². The van der Waals surface area contributed by atoms with Gasteiger partial charge in [0.05, 0.1) is 12.6 Å². The summed E-state index contributed by atoms with van der Waals surface area (Å²) in [6.45, 7) is 1.99. The van der Waals surface area contributed by atoms with Crippen LogP contribution >= 0.6 is 0 Å². The van der Waals surface area contributed by atoms with Gasteiger partial charge < -0.3 is 10.1 Å². The number of anilines is 2. The second-order valence-corrected chi connectivity index (χ2v) is 6.77. The van der Waals surface area contributed by atoms with E-state index >= 15 is 0 Å². The Morgan fingerprint density at radius 3 is 2.85 bits per heavy atom. The molecule has 1 aliphatic heterocycles. The van der Waals surface area contributed by atoms with Crippen LogP contribution in [0, 0.1) is 0 Å². The minimum absolute atomic E-state index is 0.755. The minimum Gasteiger partial charge on any atom is -0.497 e. The largest absolute Gasteiger partial charge is 0.497 e. The highest BCUT2D eigenvalue weighted by Gasteiger charge is 2.17. The van der Waals surface area contributed by atoms with Crippen LogP contribution in [-0.4, -0.2) is 34.2 Å². The van der Waals surface area contributed by atoms with Gasteiger partial charge in [0.25, 0.3) is 0 Å². The first-order chi connectivity index (χ1) is 12.7.